The second kappa shape index (κ2) is 8.94. The lowest BCUT2D eigenvalue weighted by Crippen LogP contribution is -2.35. The molecule has 0 radical (unpaired) electrons. The van der Waals surface area contributed by atoms with E-state index in [4.69, 9.17) is 0 Å². The van der Waals surface area contributed by atoms with Crippen molar-refractivity contribution in [2.24, 2.45) is 0 Å². The third kappa shape index (κ3) is 5.14. The molecule has 2 amide bonds. The average molecular weight is 374 g/mol. The zero-order valence-electron chi connectivity index (χ0n) is 14.6. The Hall–Kier alpha value is -2.21. The number of hydrogen-bond donors (Lipinski definition) is 2. The highest BCUT2D eigenvalue weighted by atomic mass is 32.1. The lowest BCUT2D eigenvalue weighted by atomic mass is 10.1. The van der Waals surface area contributed by atoms with Gasteiger partial charge in [-0.25, -0.2) is 4.39 Å². The molecule has 138 valence electrons. The fraction of sp³-hybridized carbons (Fsp3) is 0.400. The van der Waals surface area contributed by atoms with Crippen molar-refractivity contribution >= 4 is 23.2 Å². The van der Waals surface area contributed by atoms with E-state index in [-0.39, 0.29) is 24.1 Å². The number of amides is 2. The quantitative estimate of drug-likeness (QED) is 0.602. The lowest BCUT2D eigenvalue weighted by molar-refractivity contribution is -0.120. The molecular formula is C20H23FN2O2S. The van der Waals surface area contributed by atoms with Crippen molar-refractivity contribution in [3.05, 3.63) is 57.0 Å². The summed E-state index contributed by atoms with van der Waals surface area (Å²) in [4.78, 5) is 26.2. The Morgan fingerprint density at radius 2 is 1.73 bits per heavy atom. The van der Waals surface area contributed by atoms with Gasteiger partial charge in [0.15, 0.2) is 0 Å². The minimum absolute atomic E-state index is 0.0733. The first-order valence-electron chi connectivity index (χ1n) is 9.03. The van der Waals surface area contributed by atoms with Gasteiger partial charge in [0.05, 0.1) is 11.3 Å². The minimum atomic E-state index is -0.317. The monoisotopic (exact) mass is 374 g/mol. The van der Waals surface area contributed by atoms with E-state index in [9.17, 15) is 14.0 Å². The minimum Gasteiger partial charge on any atom is -0.354 e. The van der Waals surface area contributed by atoms with E-state index < -0.39 is 0 Å². The molecule has 1 aromatic carbocycles. The number of nitrogens with one attached hydrogen (secondary N) is 2. The number of aryl methyl sites for hydroxylation is 2. The van der Waals surface area contributed by atoms with Crippen molar-refractivity contribution in [2.75, 3.05) is 13.1 Å². The highest BCUT2D eigenvalue weighted by Gasteiger charge is 2.16. The molecular weight excluding hydrogens is 351 g/mol. The van der Waals surface area contributed by atoms with E-state index in [1.165, 1.54) is 41.8 Å². The fourth-order valence-electron chi connectivity index (χ4n) is 3.09. The molecule has 0 atom stereocenters. The van der Waals surface area contributed by atoms with Gasteiger partial charge >= 0.3 is 0 Å². The molecule has 0 unspecified atom stereocenters. The maximum atomic E-state index is 12.8. The summed E-state index contributed by atoms with van der Waals surface area (Å²) in [5, 5.41) is 5.62. The predicted octanol–water partition coefficient (Wildman–Crippen LogP) is 3.24. The largest absolute Gasteiger partial charge is 0.354 e. The van der Waals surface area contributed by atoms with Gasteiger partial charge in [0.1, 0.15) is 5.82 Å². The molecule has 4 nitrogen and oxygen atoms in total. The van der Waals surface area contributed by atoms with E-state index in [0.717, 1.165) is 23.3 Å². The van der Waals surface area contributed by atoms with E-state index in [1.54, 1.807) is 23.5 Å². The topological polar surface area (TPSA) is 58.2 Å². The van der Waals surface area contributed by atoms with Crippen LogP contribution in [0.5, 0.6) is 0 Å². The van der Waals surface area contributed by atoms with Crippen LogP contribution in [0.3, 0.4) is 0 Å². The summed E-state index contributed by atoms with van der Waals surface area (Å²) < 4.78 is 12.8. The summed E-state index contributed by atoms with van der Waals surface area (Å²) in [7, 11) is 0. The van der Waals surface area contributed by atoms with Crippen molar-refractivity contribution in [1.82, 2.24) is 10.6 Å². The summed E-state index contributed by atoms with van der Waals surface area (Å²) in [6.07, 6.45) is 6.01. The molecule has 6 heteroatoms. The van der Waals surface area contributed by atoms with Gasteiger partial charge in [-0.05, 0) is 55.0 Å². The van der Waals surface area contributed by atoms with Crippen LogP contribution in [-0.2, 0) is 24.1 Å². The van der Waals surface area contributed by atoms with Crippen LogP contribution in [0.2, 0.25) is 0 Å². The smallest absolute Gasteiger partial charge is 0.261 e. The number of carbonyl (C=O) groups is 2. The first-order chi connectivity index (χ1) is 12.6. The SMILES string of the molecule is O=C(Cc1ccc(F)cc1)NCCNC(=O)c1cc2c(s1)CCCCC2. The van der Waals surface area contributed by atoms with Crippen LogP contribution < -0.4 is 10.6 Å². The standard InChI is InChI=1S/C20H23FN2O2S/c21-16-8-6-14(7-9-16)12-19(24)22-10-11-23-20(25)18-13-15-4-2-1-3-5-17(15)26-18/h6-9,13H,1-5,10-12H2,(H,22,24)(H,23,25). The van der Waals surface area contributed by atoms with Gasteiger partial charge in [0, 0.05) is 18.0 Å². The summed E-state index contributed by atoms with van der Waals surface area (Å²) >= 11 is 1.59. The second-order valence-electron chi connectivity index (χ2n) is 6.53. The van der Waals surface area contributed by atoms with Crippen LogP contribution in [-0.4, -0.2) is 24.9 Å². The Morgan fingerprint density at radius 1 is 1.00 bits per heavy atom. The first-order valence-corrected chi connectivity index (χ1v) is 9.84. The maximum Gasteiger partial charge on any atom is 0.261 e. The highest BCUT2D eigenvalue weighted by molar-refractivity contribution is 7.14. The normalized spacial score (nSPS) is 13.6. The molecule has 2 N–H and O–H groups in total. The first kappa shape index (κ1) is 18.6. The van der Waals surface area contributed by atoms with Crippen LogP contribution >= 0.6 is 11.3 Å². The number of benzene rings is 1. The molecule has 1 aliphatic carbocycles. The Kier molecular flexibility index (Phi) is 6.39. The van der Waals surface area contributed by atoms with Gasteiger partial charge in [-0.1, -0.05) is 18.6 Å². The molecule has 1 aliphatic rings. The molecule has 3 rings (SSSR count). The van der Waals surface area contributed by atoms with Crippen molar-refractivity contribution in [1.29, 1.82) is 0 Å². The fourth-order valence-corrected chi connectivity index (χ4v) is 4.26. The van der Waals surface area contributed by atoms with Gasteiger partial charge in [-0.2, -0.15) is 0 Å². The van der Waals surface area contributed by atoms with E-state index in [2.05, 4.69) is 10.6 Å². The van der Waals surface area contributed by atoms with Crippen LogP contribution in [0.25, 0.3) is 0 Å². The zero-order chi connectivity index (χ0) is 18.4. The maximum absolute atomic E-state index is 12.8. The molecule has 0 spiro atoms. The molecule has 2 aromatic rings. The summed E-state index contributed by atoms with van der Waals surface area (Å²) in [6, 6.07) is 7.89. The summed E-state index contributed by atoms with van der Waals surface area (Å²) in [6.45, 7) is 0.757. The van der Waals surface area contributed by atoms with Crippen molar-refractivity contribution in [3.8, 4) is 0 Å². The second-order valence-corrected chi connectivity index (χ2v) is 7.67. The molecule has 26 heavy (non-hydrogen) atoms. The summed E-state index contributed by atoms with van der Waals surface area (Å²) in [5.74, 6) is -0.535. The predicted molar refractivity (Wildman–Crippen MR) is 101 cm³/mol. The van der Waals surface area contributed by atoms with Crippen molar-refractivity contribution in [2.45, 2.75) is 38.5 Å². The zero-order valence-corrected chi connectivity index (χ0v) is 15.5. The van der Waals surface area contributed by atoms with Crippen LogP contribution in [0.4, 0.5) is 4.39 Å². The van der Waals surface area contributed by atoms with Gasteiger partial charge in [0.25, 0.3) is 5.91 Å². The van der Waals surface area contributed by atoms with Gasteiger partial charge in [-0.3, -0.25) is 9.59 Å². The molecule has 0 aliphatic heterocycles. The Labute approximate surface area is 156 Å². The third-order valence-corrected chi connectivity index (χ3v) is 5.72. The molecule has 0 bridgehead atoms. The van der Waals surface area contributed by atoms with Crippen molar-refractivity contribution in [3.63, 3.8) is 0 Å². The number of rotatable bonds is 6. The van der Waals surface area contributed by atoms with Crippen molar-refractivity contribution < 1.29 is 14.0 Å². The Morgan fingerprint density at radius 3 is 2.54 bits per heavy atom. The Balaban J connectivity index is 1.40. The van der Waals surface area contributed by atoms with E-state index in [0.29, 0.717) is 13.1 Å². The van der Waals surface area contributed by atoms with Gasteiger partial charge in [-0.15, -0.1) is 11.3 Å². The number of thiophene rings is 1. The van der Waals surface area contributed by atoms with Gasteiger partial charge < -0.3 is 10.6 Å². The van der Waals surface area contributed by atoms with Crippen LogP contribution in [0, 0.1) is 5.82 Å². The molecule has 1 aromatic heterocycles. The summed E-state index contributed by atoms with van der Waals surface area (Å²) in [5.41, 5.74) is 2.08. The van der Waals surface area contributed by atoms with E-state index >= 15 is 0 Å². The number of fused-ring (bicyclic) bond motifs is 1. The Bertz CT molecular complexity index is 747. The lowest BCUT2D eigenvalue weighted by Gasteiger charge is -2.06. The molecule has 0 saturated carbocycles. The van der Waals surface area contributed by atoms with Crippen LogP contribution in [0.15, 0.2) is 30.3 Å². The number of hydrogen-bond acceptors (Lipinski definition) is 3. The third-order valence-electron chi connectivity index (χ3n) is 4.48. The molecule has 0 saturated heterocycles. The molecule has 1 heterocycles. The molecule has 0 fully saturated rings. The highest BCUT2D eigenvalue weighted by Crippen LogP contribution is 2.28. The van der Waals surface area contributed by atoms with Gasteiger partial charge in [0.2, 0.25) is 5.91 Å². The van der Waals surface area contributed by atoms with Crippen LogP contribution in [0.1, 0.15) is 44.9 Å². The average Bonchev–Trinajstić information content (AvgIpc) is 2.91. The number of halogens is 1. The van der Waals surface area contributed by atoms with E-state index in [1.807, 2.05) is 6.07 Å². The number of carbonyl (C=O) groups excluding carboxylic acids is 2.